The molecule has 26 nitrogen and oxygen atoms in total. The van der Waals surface area contributed by atoms with Crippen LogP contribution in [0.5, 0.6) is 46.3 Å². The summed E-state index contributed by atoms with van der Waals surface area (Å²) in [6, 6.07) is 30.5. The third-order valence-electron chi connectivity index (χ3n) is 17.5. The Morgan fingerprint density at radius 1 is 0.413 bits per heavy atom. The Labute approximate surface area is 641 Å². The van der Waals surface area contributed by atoms with Crippen LogP contribution in [0.4, 0.5) is 22.7 Å². The smallest absolute Gasteiger partial charge is 0.623 e. The number of esters is 2. The maximum absolute atomic E-state index is 13.8. The Morgan fingerprint density at radius 3 is 0.908 bits per heavy atom. The predicted molar refractivity (Wildman–Crippen MR) is 409 cm³/mol. The fourth-order valence-electron chi connectivity index (χ4n) is 13.0. The van der Waals surface area contributed by atoms with Crippen LogP contribution < -0.4 is 38.4 Å². The molecule has 27 heteroatoms. The summed E-state index contributed by atoms with van der Waals surface area (Å²) < 4.78 is 50.1. The van der Waals surface area contributed by atoms with Crippen LogP contribution in [0.2, 0.25) is 0 Å². The maximum atomic E-state index is 13.8. The number of non-ortho nitro benzene ring substituents is 4. The van der Waals surface area contributed by atoms with E-state index in [4.69, 9.17) is 57.8 Å². The molecule has 0 spiro atoms. The molecule has 0 fully saturated rings. The molecule has 0 bridgehead atoms. The third-order valence-corrected chi connectivity index (χ3v) is 17.5. The first kappa shape index (κ1) is 82.7. The molecule has 8 aromatic rings. The first-order valence-electron chi connectivity index (χ1n) is 35.4. The summed E-state index contributed by atoms with van der Waals surface area (Å²) in [6.45, 7) is 35.2. The summed E-state index contributed by atoms with van der Waals surface area (Å²) in [5, 5.41) is 45.3. The van der Waals surface area contributed by atoms with Crippen molar-refractivity contribution in [3.8, 4) is 46.3 Å². The molecule has 4 heterocycles. The number of allylic oxidation sites excluding steroid dienone is 2. The van der Waals surface area contributed by atoms with Crippen molar-refractivity contribution in [3.05, 3.63) is 262 Å². The van der Waals surface area contributed by atoms with Crippen molar-refractivity contribution < 1.29 is 84.0 Å². The van der Waals surface area contributed by atoms with Gasteiger partial charge in [-0.2, -0.15) is 0 Å². The van der Waals surface area contributed by atoms with Crippen molar-refractivity contribution in [2.45, 2.75) is 149 Å². The molecule has 0 N–H and O–H groups in total. The van der Waals surface area contributed by atoms with Gasteiger partial charge in [-0.1, -0.05) is 127 Å². The molecule has 6 aromatic carbocycles. The zero-order valence-corrected chi connectivity index (χ0v) is 65.0. The number of aryl methyl sites for hydroxylation is 6. The van der Waals surface area contributed by atoms with E-state index in [0.29, 0.717) is 81.5 Å². The molecule has 0 amide bonds. The summed E-state index contributed by atoms with van der Waals surface area (Å²) in [4.78, 5) is 90.9. The number of nitro benzene ring substituents is 4. The second-order valence-corrected chi connectivity index (χ2v) is 26.9. The number of ether oxygens (including phenoxy) is 8. The van der Waals surface area contributed by atoms with E-state index in [1.165, 1.54) is 97.1 Å². The average molecular weight is 1530 g/mol. The molecule has 10 rings (SSSR count). The van der Waals surface area contributed by atoms with Crippen molar-refractivity contribution in [3.63, 3.8) is 0 Å². The molecule has 1 radical (unpaired) electrons. The molecule has 2 aromatic heterocycles. The molecule has 0 saturated carbocycles. The third kappa shape index (κ3) is 18.5. The molecule has 0 aliphatic carbocycles. The van der Waals surface area contributed by atoms with Crippen LogP contribution in [-0.2, 0) is 48.7 Å². The maximum Gasteiger partial charge on any atom is 2.00 e. The normalized spacial score (nSPS) is 13.5. The number of rotatable bonds is 26. The van der Waals surface area contributed by atoms with Gasteiger partial charge in [0, 0.05) is 71.4 Å². The van der Waals surface area contributed by atoms with E-state index in [-0.39, 0.29) is 122 Å². The second kappa shape index (κ2) is 35.6. The number of hydrogen-bond donors (Lipinski definition) is 0. The van der Waals surface area contributed by atoms with Gasteiger partial charge in [0.2, 0.25) is 11.8 Å². The van der Waals surface area contributed by atoms with Crippen LogP contribution in [0.15, 0.2) is 165 Å². The number of nitro groups is 4. The first-order chi connectivity index (χ1) is 51.3. The summed E-state index contributed by atoms with van der Waals surface area (Å²) in [6.07, 6.45) is 1.07. The summed E-state index contributed by atoms with van der Waals surface area (Å²) in [7, 11) is 0. The summed E-state index contributed by atoms with van der Waals surface area (Å²) >= 11 is 0. The number of benzene rings is 6. The molecular weight excluding hydrogens is 1440 g/mol. The van der Waals surface area contributed by atoms with Crippen molar-refractivity contribution in [1.82, 2.24) is 9.97 Å². The first-order valence-corrected chi connectivity index (χ1v) is 35.4. The minimum absolute atomic E-state index is 0. The molecule has 0 unspecified atom stereocenters. The number of aliphatic imine (C=N–C) groups is 2. The fourth-order valence-corrected chi connectivity index (χ4v) is 13.0. The van der Waals surface area contributed by atoms with Crippen LogP contribution >= 0.6 is 0 Å². The van der Waals surface area contributed by atoms with E-state index in [0.717, 1.165) is 55.6 Å². The Bertz CT molecular complexity index is 4660. The monoisotopic (exact) mass is 1530 g/mol. The zero-order chi connectivity index (χ0) is 78.9. The van der Waals surface area contributed by atoms with Gasteiger partial charge < -0.3 is 47.9 Å². The van der Waals surface area contributed by atoms with Gasteiger partial charge in [-0.25, -0.2) is 19.6 Å². The molecular formula is C82H86CoN8O18. The minimum Gasteiger partial charge on any atom is -0.623 e. The van der Waals surface area contributed by atoms with Crippen molar-refractivity contribution in [2.75, 3.05) is 13.2 Å². The van der Waals surface area contributed by atoms with E-state index in [9.17, 15) is 50.0 Å². The Balaban J connectivity index is 0.000000272. The molecule has 2 aliphatic rings. The zero-order valence-electron chi connectivity index (χ0n) is 63.9. The summed E-state index contributed by atoms with van der Waals surface area (Å²) in [5.41, 5.74) is 11.1. The van der Waals surface area contributed by atoms with Crippen LogP contribution in [0.25, 0.3) is 11.5 Å². The number of carbonyl (C=O) groups excluding carboxylic acids is 2. The second-order valence-electron chi connectivity index (χ2n) is 26.9. The fraction of sp³-hybridized carbons (Fsp3) is 0.317. The Kier molecular flexibility index (Phi) is 27.0. The molecule has 109 heavy (non-hydrogen) atoms. The van der Waals surface area contributed by atoms with Gasteiger partial charge in [-0.05, 0) is 174 Å². The number of hydrogen-bond acceptors (Lipinski definition) is 20. The minimum atomic E-state index is -0.658. The molecule has 571 valence electrons. The van der Waals surface area contributed by atoms with Crippen LogP contribution in [0.1, 0.15) is 162 Å². The van der Waals surface area contributed by atoms with Crippen LogP contribution in [-0.4, -0.2) is 56.6 Å². The van der Waals surface area contributed by atoms with Gasteiger partial charge in [-0.15, -0.1) is 0 Å². The standard InChI is InChI=1S/2C41H44N4O9.Co/c2*1-10-31-32(22(3)4)35(42-39(31)52-29-16-12-27(13-17-29)44(47)48)38(54-37-25(8)20-24(7)21-26(37)9)36-33(23(5)6)34(41(46)51-11-2)40(43-36)53-30-18-14-28(15-19-30)45(49)50;/h2*12-23H,10-11H2,1-9H3,(H,42,43,46);/q;;+2/p-2. The molecule has 0 saturated heterocycles. The van der Waals surface area contributed by atoms with E-state index >= 15 is 0 Å². The topological polar surface area (TPSA) is 333 Å². The van der Waals surface area contributed by atoms with Gasteiger partial charge >= 0.3 is 28.7 Å². The van der Waals surface area contributed by atoms with Gasteiger partial charge in [0.05, 0.1) is 32.9 Å². The van der Waals surface area contributed by atoms with Crippen molar-refractivity contribution in [2.24, 2.45) is 21.8 Å². The Morgan fingerprint density at radius 2 is 0.679 bits per heavy atom. The van der Waals surface area contributed by atoms with Crippen molar-refractivity contribution in [1.29, 1.82) is 0 Å². The number of nitrogens with zero attached hydrogens (tertiary/aromatic N) is 8. The molecule has 2 aliphatic heterocycles. The van der Waals surface area contributed by atoms with E-state index in [1.807, 2.05) is 135 Å². The number of aromatic nitrogens is 2. The largest absolute Gasteiger partial charge is 2.00 e. The van der Waals surface area contributed by atoms with Gasteiger partial charge in [-0.3, -0.25) is 40.5 Å². The van der Waals surface area contributed by atoms with E-state index in [1.54, 1.807) is 13.8 Å². The quantitative estimate of drug-likeness (QED) is 0.0210. The SMILES string of the molecule is CCOC(=O)C1=C(C(C)C)/C(=C(\Oc2c(C)cc(C)cc2C)c2[n-]c(Oc3ccc([N+](=O)[O-])cc3)c(CC)c2C(C)C)N=C1Oc1ccc([N+](=O)[O-])cc1.CCOC(=O)C1=C(C(C)C)/C(=C(\Oc2c(C)cc(C)cc2C)c2[n-]c(Oc3ccc([N+](=O)[O-])cc3)c(CC)c2C(C)C)N=C1Oc1ccc([N+](=O)[O-])cc1.[Co+2]. The Hall–Kier alpha value is -12.0. The van der Waals surface area contributed by atoms with Crippen LogP contribution in [0, 0.1) is 93.8 Å². The molecule has 0 atom stereocenters. The number of carbonyl (C=O) groups is 2. The van der Waals surface area contributed by atoms with E-state index in [2.05, 4.69) is 0 Å². The van der Waals surface area contributed by atoms with Gasteiger partial charge in [0.1, 0.15) is 68.6 Å². The van der Waals surface area contributed by atoms with Crippen molar-refractivity contribution >= 4 is 58.0 Å². The van der Waals surface area contributed by atoms with Gasteiger partial charge in [0.25, 0.3) is 22.7 Å². The van der Waals surface area contributed by atoms with E-state index < -0.39 is 31.6 Å². The average Bonchev–Trinajstić information content (AvgIpc) is 1.60. The van der Waals surface area contributed by atoms with Crippen LogP contribution in [0.3, 0.4) is 0 Å². The summed E-state index contributed by atoms with van der Waals surface area (Å²) in [5.74, 6) is 1.22. The van der Waals surface area contributed by atoms with Gasteiger partial charge in [0.15, 0.2) is 0 Å². The predicted octanol–water partition coefficient (Wildman–Crippen LogP) is 19.2.